The number of carbonyl (C=O) groups excluding carboxylic acids is 2. The molecule has 164 valence electrons. The van der Waals surface area contributed by atoms with Crippen LogP contribution in [-0.2, 0) is 0 Å². The van der Waals surface area contributed by atoms with E-state index < -0.39 is 0 Å². The van der Waals surface area contributed by atoms with Gasteiger partial charge in [0.25, 0.3) is 11.8 Å². The van der Waals surface area contributed by atoms with Crippen LogP contribution in [0.1, 0.15) is 58.9 Å². The van der Waals surface area contributed by atoms with Crippen molar-refractivity contribution in [3.63, 3.8) is 0 Å². The summed E-state index contributed by atoms with van der Waals surface area (Å²) in [6.07, 6.45) is 5.73. The van der Waals surface area contributed by atoms with Crippen LogP contribution in [0.5, 0.6) is 5.75 Å². The molecule has 5 rings (SSSR count). The second kappa shape index (κ2) is 8.78. The molecule has 3 aromatic rings. The topological polar surface area (TPSA) is 77.3 Å². The maximum atomic E-state index is 12.7. The lowest BCUT2D eigenvalue weighted by Crippen LogP contribution is -2.29. The van der Waals surface area contributed by atoms with E-state index in [2.05, 4.69) is 14.8 Å². The number of ether oxygens (including phenoxy) is 1. The molecule has 1 aromatic heterocycles. The van der Waals surface area contributed by atoms with Gasteiger partial charge in [-0.05, 0) is 49.2 Å². The second-order valence-corrected chi connectivity index (χ2v) is 8.97. The minimum Gasteiger partial charge on any atom is -0.497 e. The molecule has 2 amide bonds. The number of amides is 2. The zero-order valence-corrected chi connectivity index (χ0v) is 18.7. The van der Waals surface area contributed by atoms with E-state index in [9.17, 15) is 9.59 Å². The minimum absolute atomic E-state index is 0.208. The first-order chi connectivity index (χ1) is 15.7. The summed E-state index contributed by atoms with van der Waals surface area (Å²) in [4.78, 5) is 26.8. The minimum atomic E-state index is -0.253. The van der Waals surface area contributed by atoms with Crippen molar-refractivity contribution < 1.29 is 14.3 Å². The van der Waals surface area contributed by atoms with Crippen molar-refractivity contribution >= 4 is 23.6 Å². The molecule has 0 unspecified atom stereocenters. The Bertz CT molecular complexity index is 1120. The van der Waals surface area contributed by atoms with Crippen LogP contribution in [-0.4, -0.2) is 44.5 Å². The van der Waals surface area contributed by atoms with Gasteiger partial charge in [-0.1, -0.05) is 43.2 Å². The molecule has 7 nitrogen and oxygen atoms in total. The summed E-state index contributed by atoms with van der Waals surface area (Å²) in [5.41, 5.74) is 1.90. The quantitative estimate of drug-likeness (QED) is 0.398. The summed E-state index contributed by atoms with van der Waals surface area (Å²) in [6, 6.07) is 15.1. The molecule has 0 saturated heterocycles. The summed E-state index contributed by atoms with van der Waals surface area (Å²) in [7, 11) is 1.65. The number of hydrogen-bond acceptors (Lipinski definition) is 6. The van der Waals surface area contributed by atoms with Crippen LogP contribution in [0.25, 0.3) is 11.4 Å². The lowest BCUT2D eigenvalue weighted by atomic mass is 9.95. The molecule has 8 heteroatoms. The summed E-state index contributed by atoms with van der Waals surface area (Å²) in [5, 5.41) is 9.70. The molecular formula is C24H24N4O3S. The van der Waals surface area contributed by atoms with Gasteiger partial charge in [-0.25, -0.2) is 0 Å². The number of rotatable bonds is 6. The highest BCUT2D eigenvalue weighted by Crippen LogP contribution is 2.36. The Kier molecular flexibility index (Phi) is 5.70. The van der Waals surface area contributed by atoms with Gasteiger partial charge in [0, 0.05) is 11.6 Å². The van der Waals surface area contributed by atoms with E-state index >= 15 is 0 Å². The van der Waals surface area contributed by atoms with E-state index in [0.717, 1.165) is 35.1 Å². The normalized spacial score (nSPS) is 16.5. The van der Waals surface area contributed by atoms with Gasteiger partial charge < -0.3 is 4.74 Å². The molecule has 2 aromatic carbocycles. The van der Waals surface area contributed by atoms with Crippen LogP contribution in [0.2, 0.25) is 0 Å². The molecular weight excluding hydrogens is 424 g/mol. The van der Waals surface area contributed by atoms with Crippen LogP contribution in [0.4, 0.5) is 0 Å². The molecule has 2 aliphatic rings. The maximum Gasteiger partial charge on any atom is 0.262 e. The van der Waals surface area contributed by atoms with Gasteiger partial charge in [-0.2, -0.15) is 0 Å². The second-order valence-electron chi connectivity index (χ2n) is 8.05. The SMILES string of the molecule is COc1ccc(-c2nnc(SCN3C(=O)c4ccccc4C3=O)n2C2CCCCC2)cc1. The van der Waals surface area contributed by atoms with Gasteiger partial charge in [-0.3, -0.25) is 19.1 Å². The smallest absolute Gasteiger partial charge is 0.262 e. The summed E-state index contributed by atoms with van der Waals surface area (Å²) < 4.78 is 7.48. The highest BCUT2D eigenvalue weighted by atomic mass is 32.2. The number of aromatic nitrogens is 3. The van der Waals surface area contributed by atoms with Gasteiger partial charge >= 0.3 is 0 Å². The third-order valence-corrected chi connectivity index (χ3v) is 7.08. The van der Waals surface area contributed by atoms with Crippen LogP contribution < -0.4 is 4.74 Å². The average molecular weight is 449 g/mol. The predicted molar refractivity (Wildman–Crippen MR) is 122 cm³/mol. The van der Waals surface area contributed by atoms with E-state index in [1.165, 1.54) is 35.9 Å². The van der Waals surface area contributed by atoms with Crippen LogP contribution in [0.15, 0.2) is 53.7 Å². The molecule has 0 N–H and O–H groups in total. The Balaban J connectivity index is 1.43. The van der Waals surface area contributed by atoms with E-state index in [4.69, 9.17) is 4.74 Å². The number of carbonyl (C=O) groups is 2. The molecule has 0 bridgehead atoms. The van der Waals surface area contributed by atoms with Gasteiger partial charge in [0.05, 0.1) is 24.1 Å². The number of fused-ring (bicyclic) bond motifs is 1. The number of benzene rings is 2. The van der Waals surface area contributed by atoms with Gasteiger partial charge in [0.2, 0.25) is 0 Å². The van der Waals surface area contributed by atoms with E-state index in [1.807, 2.05) is 24.3 Å². The average Bonchev–Trinajstić information content (AvgIpc) is 3.38. The molecule has 1 aliphatic heterocycles. The van der Waals surface area contributed by atoms with Crippen molar-refractivity contribution in [3.05, 3.63) is 59.7 Å². The zero-order chi connectivity index (χ0) is 22.1. The van der Waals surface area contributed by atoms with Crippen molar-refractivity contribution in [2.75, 3.05) is 13.0 Å². The number of thioether (sulfide) groups is 1. The summed E-state index contributed by atoms with van der Waals surface area (Å²) in [5.74, 6) is 1.30. The highest BCUT2D eigenvalue weighted by Gasteiger charge is 2.35. The van der Waals surface area contributed by atoms with Crippen LogP contribution >= 0.6 is 11.8 Å². The lowest BCUT2D eigenvalue weighted by Gasteiger charge is -2.26. The van der Waals surface area contributed by atoms with E-state index in [-0.39, 0.29) is 17.7 Å². The number of hydrogen-bond donors (Lipinski definition) is 0. The lowest BCUT2D eigenvalue weighted by molar-refractivity contribution is 0.0684. The first kappa shape index (κ1) is 20.8. The molecule has 1 saturated carbocycles. The van der Waals surface area contributed by atoms with Crippen molar-refractivity contribution in [2.45, 2.75) is 43.3 Å². The Morgan fingerprint density at radius 2 is 1.59 bits per heavy atom. The van der Waals surface area contributed by atoms with Crippen LogP contribution in [0, 0.1) is 0 Å². The molecule has 0 radical (unpaired) electrons. The monoisotopic (exact) mass is 448 g/mol. The molecule has 32 heavy (non-hydrogen) atoms. The fraction of sp³-hybridized carbons (Fsp3) is 0.333. The number of methoxy groups -OCH3 is 1. The van der Waals surface area contributed by atoms with Gasteiger partial charge in [0.15, 0.2) is 11.0 Å². The van der Waals surface area contributed by atoms with E-state index in [1.54, 1.807) is 31.4 Å². The van der Waals surface area contributed by atoms with Crippen molar-refractivity contribution in [1.29, 1.82) is 0 Å². The molecule has 2 heterocycles. The Hall–Kier alpha value is -3.13. The number of imide groups is 1. The third-order valence-electron chi connectivity index (χ3n) is 6.15. The van der Waals surface area contributed by atoms with Crippen molar-refractivity contribution in [2.24, 2.45) is 0 Å². The molecule has 1 fully saturated rings. The zero-order valence-electron chi connectivity index (χ0n) is 17.9. The molecule has 0 atom stereocenters. The van der Waals surface area contributed by atoms with Crippen LogP contribution in [0.3, 0.4) is 0 Å². The third kappa shape index (κ3) is 3.68. The Morgan fingerprint density at radius 3 is 2.22 bits per heavy atom. The van der Waals surface area contributed by atoms with Crippen molar-refractivity contribution in [3.8, 4) is 17.1 Å². The largest absolute Gasteiger partial charge is 0.497 e. The first-order valence-corrected chi connectivity index (χ1v) is 11.8. The highest BCUT2D eigenvalue weighted by molar-refractivity contribution is 7.99. The van der Waals surface area contributed by atoms with Gasteiger partial charge in [-0.15, -0.1) is 10.2 Å². The fourth-order valence-electron chi connectivity index (χ4n) is 4.46. The Labute approximate surface area is 190 Å². The molecule has 1 aliphatic carbocycles. The number of nitrogens with zero attached hydrogens (tertiary/aromatic N) is 4. The molecule has 0 spiro atoms. The maximum absolute atomic E-state index is 12.7. The predicted octanol–water partition coefficient (Wildman–Crippen LogP) is 4.80. The van der Waals surface area contributed by atoms with E-state index in [0.29, 0.717) is 17.2 Å². The summed E-state index contributed by atoms with van der Waals surface area (Å²) >= 11 is 1.39. The Morgan fingerprint density at radius 1 is 0.938 bits per heavy atom. The van der Waals surface area contributed by atoms with Crippen molar-refractivity contribution in [1.82, 2.24) is 19.7 Å². The standard InChI is InChI=1S/C24H24N4O3S/c1-31-18-13-11-16(12-14-18)21-25-26-24(28(21)17-7-3-2-4-8-17)32-15-27-22(29)19-9-5-6-10-20(19)23(27)30/h5-6,9-14,17H,2-4,7-8,15H2,1H3. The fourth-order valence-corrected chi connectivity index (χ4v) is 5.41. The first-order valence-electron chi connectivity index (χ1n) is 10.8. The van der Waals surface area contributed by atoms with Gasteiger partial charge in [0.1, 0.15) is 5.75 Å². The summed E-state index contributed by atoms with van der Waals surface area (Å²) in [6.45, 7) is 0.